The van der Waals surface area contributed by atoms with Crippen LogP contribution < -0.4 is 0 Å². The Hall–Kier alpha value is -0.370. The zero-order chi connectivity index (χ0) is 11.8. The molecule has 0 aliphatic heterocycles. The minimum Gasteiger partial charge on any atom is -0.377 e. The molecule has 0 bridgehead atoms. The zero-order valence-electron chi connectivity index (χ0n) is 10.8. The second-order valence-electron chi connectivity index (χ2n) is 5.01. The van der Waals surface area contributed by atoms with E-state index < -0.39 is 0 Å². The maximum absolute atomic E-state index is 11.3. The predicted molar refractivity (Wildman–Crippen MR) is 66.5 cm³/mol. The average Bonchev–Trinajstić information content (AvgIpc) is 2.29. The van der Waals surface area contributed by atoms with Gasteiger partial charge in [-0.2, -0.15) is 0 Å². The molecule has 2 nitrogen and oxygen atoms in total. The number of carbonyl (C=O) groups is 1. The Morgan fingerprint density at radius 3 is 2.88 bits per heavy atom. The molecule has 1 rings (SSSR count). The van der Waals surface area contributed by atoms with Crippen molar-refractivity contribution in [3.05, 3.63) is 0 Å². The van der Waals surface area contributed by atoms with E-state index in [0.717, 1.165) is 25.9 Å². The SMILES string of the molecule is CCCCC(CC)COC1CCCC(=O)C1. The molecule has 0 aromatic carbocycles. The van der Waals surface area contributed by atoms with Crippen LogP contribution in [0.3, 0.4) is 0 Å². The molecule has 0 aromatic rings. The van der Waals surface area contributed by atoms with Crippen LogP contribution >= 0.6 is 0 Å². The Morgan fingerprint density at radius 2 is 2.25 bits per heavy atom. The molecule has 0 radical (unpaired) electrons. The Labute approximate surface area is 99.8 Å². The normalized spacial score (nSPS) is 23.4. The van der Waals surface area contributed by atoms with Gasteiger partial charge in [-0.15, -0.1) is 0 Å². The maximum Gasteiger partial charge on any atom is 0.135 e. The molecular weight excluding hydrogens is 200 g/mol. The van der Waals surface area contributed by atoms with Gasteiger partial charge in [-0.05, 0) is 25.2 Å². The van der Waals surface area contributed by atoms with E-state index in [1.54, 1.807) is 0 Å². The van der Waals surface area contributed by atoms with Gasteiger partial charge in [0.2, 0.25) is 0 Å². The molecule has 2 heteroatoms. The van der Waals surface area contributed by atoms with Gasteiger partial charge < -0.3 is 4.74 Å². The van der Waals surface area contributed by atoms with E-state index in [4.69, 9.17) is 4.74 Å². The van der Waals surface area contributed by atoms with Gasteiger partial charge in [0.15, 0.2) is 0 Å². The second-order valence-corrected chi connectivity index (χ2v) is 5.01. The van der Waals surface area contributed by atoms with Crippen molar-refractivity contribution in [1.82, 2.24) is 0 Å². The van der Waals surface area contributed by atoms with E-state index >= 15 is 0 Å². The number of rotatable bonds is 7. The number of Topliss-reactive ketones (excluding diaryl/α,β-unsaturated/α-hetero) is 1. The highest BCUT2D eigenvalue weighted by Crippen LogP contribution is 2.20. The van der Waals surface area contributed by atoms with Crippen LogP contribution in [0.2, 0.25) is 0 Å². The summed E-state index contributed by atoms with van der Waals surface area (Å²) < 4.78 is 5.88. The first kappa shape index (κ1) is 13.7. The van der Waals surface area contributed by atoms with Crippen LogP contribution in [0.15, 0.2) is 0 Å². The van der Waals surface area contributed by atoms with E-state index in [1.807, 2.05) is 0 Å². The summed E-state index contributed by atoms with van der Waals surface area (Å²) in [4.78, 5) is 11.3. The molecule has 94 valence electrons. The van der Waals surface area contributed by atoms with E-state index in [0.29, 0.717) is 18.1 Å². The number of hydrogen-bond acceptors (Lipinski definition) is 2. The van der Waals surface area contributed by atoms with Crippen molar-refractivity contribution in [2.75, 3.05) is 6.61 Å². The van der Waals surface area contributed by atoms with Gasteiger partial charge in [-0.25, -0.2) is 0 Å². The third-order valence-electron chi connectivity index (χ3n) is 3.55. The average molecular weight is 226 g/mol. The van der Waals surface area contributed by atoms with Crippen LogP contribution in [-0.4, -0.2) is 18.5 Å². The van der Waals surface area contributed by atoms with Crippen LogP contribution in [0.25, 0.3) is 0 Å². The molecular formula is C14H26O2. The van der Waals surface area contributed by atoms with Crippen LogP contribution in [0.5, 0.6) is 0 Å². The van der Waals surface area contributed by atoms with Crippen molar-refractivity contribution < 1.29 is 9.53 Å². The molecule has 0 spiro atoms. The molecule has 0 N–H and O–H groups in total. The Kier molecular flexibility index (Phi) is 6.70. The summed E-state index contributed by atoms with van der Waals surface area (Å²) in [5.74, 6) is 1.08. The first-order valence-corrected chi connectivity index (χ1v) is 6.89. The number of ether oxygens (including phenoxy) is 1. The standard InChI is InChI=1S/C14H26O2/c1-3-5-7-12(4-2)11-16-14-9-6-8-13(15)10-14/h12,14H,3-11H2,1-2H3. The highest BCUT2D eigenvalue weighted by atomic mass is 16.5. The molecule has 0 aromatic heterocycles. The summed E-state index contributed by atoms with van der Waals surface area (Å²) in [6.07, 6.45) is 8.78. The molecule has 1 fully saturated rings. The Bertz CT molecular complexity index is 201. The summed E-state index contributed by atoms with van der Waals surface area (Å²) in [7, 11) is 0. The van der Waals surface area contributed by atoms with Crippen LogP contribution in [0.1, 0.15) is 65.2 Å². The molecule has 16 heavy (non-hydrogen) atoms. The predicted octanol–water partition coefficient (Wildman–Crippen LogP) is 3.73. The number of hydrogen-bond donors (Lipinski definition) is 0. The molecule has 2 atom stereocenters. The van der Waals surface area contributed by atoms with Gasteiger partial charge in [-0.3, -0.25) is 4.79 Å². The Morgan fingerprint density at radius 1 is 1.44 bits per heavy atom. The van der Waals surface area contributed by atoms with Crippen LogP contribution in [-0.2, 0) is 9.53 Å². The largest absolute Gasteiger partial charge is 0.377 e. The van der Waals surface area contributed by atoms with Gasteiger partial charge in [0.05, 0.1) is 6.10 Å². The fourth-order valence-electron chi connectivity index (χ4n) is 2.30. The van der Waals surface area contributed by atoms with Crippen molar-refractivity contribution in [2.24, 2.45) is 5.92 Å². The van der Waals surface area contributed by atoms with Gasteiger partial charge in [-0.1, -0.05) is 33.1 Å². The highest BCUT2D eigenvalue weighted by molar-refractivity contribution is 5.79. The lowest BCUT2D eigenvalue weighted by atomic mass is 9.96. The summed E-state index contributed by atoms with van der Waals surface area (Å²) in [6, 6.07) is 0. The highest BCUT2D eigenvalue weighted by Gasteiger charge is 2.20. The van der Waals surface area contributed by atoms with Gasteiger partial charge in [0, 0.05) is 19.4 Å². The lowest BCUT2D eigenvalue weighted by Gasteiger charge is -2.24. The molecule has 1 saturated carbocycles. The summed E-state index contributed by atoms with van der Waals surface area (Å²) in [5.41, 5.74) is 0. The van der Waals surface area contributed by atoms with Gasteiger partial charge in [0.1, 0.15) is 5.78 Å². The monoisotopic (exact) mass is 226 g/mol. The first-order chi connectivity index (χ1) is 7.76. The van der Waals surface area contributed by atoms with Crippen LogP contribution in [0, 0.1) is 5.92 Å². The lowest BCUT2D eigenvalue weighted by Crippen LogP contribution is -2.25. The zero-order valence-corrected chi connectivity index (χ0v) is 10.8. The van der Waals surface area contributed by atoms with Crippen molar-refractivity contribution in [3.63, 3.8) is 0 Å². The van der Waals surface area contributed by atoms with Crippen LogP contribution in [0.4, 0.5) is 0 Å². The minimum absolute atomic E-state index is 0.219. The lowest BCUT2D eigenvalue weighted by molar-refractivity contribution is -0.125. The smallest absolute Gasteiger partial charge is 0.135 e. The summed E-state index contributed by atoms with van der Waals surface area (Å²) in [6.45, 7) is 5.32. The van der Waals surface area contributed by atoms with Crippen molar-refractivity contribution in [2.45, 2.75) is 71.3 Å². The molecule has 1 aliphatic rings. The van der Waals surface area contributed by atoms with E-state index in [9.17, 15) is 4.79 Å². The van der Waals surface area contributed by atoms with Gasteiger partial charge >= 0.3 is 0 Å². The number of carbonyl (C=O) groups excluding carboxylic acids is 1. The van der Waals surface area contributed by atoms with Crippen molar-refractivity contribution >= 4 is 5.78 Å². The van der Waals surface area contributed by atoms with Crippen molar-refractivity contribution in [3.8, 4) is 0 Å². The first-order valence-electron chi connectivity index (χ1n) is 6.89. The molecule has 2 unspecified atom stereocenters. The Balaban J connectivity index is 2.17. The maximum atomic E-state index is 11.3. The van der Waals surface area contributed by atoms with E-state index in [2.05, 4.69) is 13.8 Å². The molecule has 0 amide bonds. The molecule has 1 aliphatic carbocycles. The third-order valence-corrected chi connectivity index (χ3v) is 3.55. The third kappa shape index (κ3) is 5.11. The fraction of sp³-hybridized carbons (Fsp3) is 0.929. The number of unbranched alkanes of at least 4 members (excludes halogenated alkanes) is 1. The van der Waals surface area contributed by atoms with E-state index in [-0.39, 0.29) is 6.10 Å². The number of ketones is 1. The fourth-order valence-corrected chi connectivity index (χ4v) is 2.30. The molecule has 0 heterocycles. The second kappa shape index (κ2) is 7.83. The molecule has 0 saturated heterocycles. The summed E-state index contributed by atoms with van der Waals surface area (Å²) in [5, 5.41) is 0. The van der Waals surface area contributed by atoms with Crippen molar-refractivity contribution in [1.29, 1.82) is 0 Å². The minimum atomic E-state index is 0.219. The summed E-state index contributed by atoms with van der Waals surface area (Å²) >= 11 is 0. The van der Waals surface area contributed by atoms with Gasteiger partial charge in [0.25, 0.3) is 0 Å². The van der Waals surface area contributed by atoms with E-state index in [1.165, 1.54) is 25.7 Å². The quantitative estimate of drug-likeness (QED) is 0.661. The topological polar surface area (TPSA) is 26.3 Å².